The summed E-state index contributed by atoms with van der Waals surface area (Å²) in [5.41, 5.74) is -0.876. The fourth-order valence-corrected chi connectivity index (χ4v) is 1.84. The zero-order valence-corrected chi connectivity index (χ0v) is 14.6. The van der Waals surface area contributed by atoms with Gasteiger partial charge in [0.15, 0.2) is 10.9 Å². The van der Waals surface area contributed by atoms with Crippen molar-refractivity contribution < 1.29 is 28.0 Å². The van der Waals surface area contributed by atoms with E-state index in [9.17, 15) is 18.0 Å². The lowest BCUT2D eigenvalue weighted by Crippen LogP contribution is -2.72. The topological polar surface area (TPSA) is 82.9 Å². The van der Waals surface area contributed by atoms with Crippen LogP contribution in [-0.4, -0.2) is 39.5 Å². The average molecular weight is 380 g/mol. The quantitative estimate of drug-likeness (QED) is 0.771. The summed E-state index contributed by atoms with van der Waals surface area (Å²) < 4.78 is 43.6. The van der Waals surface area contributed by atoms with Crippen LogP contribution in [0.2, 0.25) is 0 Å². The van der Waals surface area contributed by atoms with Gasteiger partial charge in [0.1, 0.15) is 24.0 Å². The molecule has 0 bridgehead atoms. The number of carbonyl (C=O) groups excluding carboxylic acids is 1. The van der Waals surface area contributed by atoms with Gasteiger partial charge in [-0.3, -0.25) is 20.6 Å². The number of pyridine rings is 1. The van der Waals surface area contributed by atoms with E-state index in [2.05, 4.69) is 4.98 Å². The van der Waals surface area contributed by atoms with Crippen LogP contribution in [-0.2, 0) is 4.74 Å². The van der Waals surface area contributed by atoms with Crippen LogP contribution in [0.3, 0.4) is 0 Å². The SMILES string of the molecule is CC(C)(C)OC(=O)N(CC(F)(F)F)/C(=C/[NH2+]c1cccnc1)C(=N)Cl. The average Bonchev–Trinajstić information content (AvgIpc) is 2.44. The number of carbonyl (C=O) groups is 1. The molecule has 3 N–H and O–H groups in total. The highest BCUT2D eigenvalue weighted by molar-refractivity contribution is 6.68. The van der Waals surface area contributed by atoms with Crippen LogP contribution in [0.25, 0.3) is 0 Å². The molecule has 0 aliphatic heterocycles. The Kier molecular flexibility index (Phi) is 6.95. The maximum atomic E-state index is 12.9. The van der Waals surface area contributed by atoms with E-state index in [-0.39, 0.29) is 4.90 Å². The first kappa shape index (κ1) is 20.9. The van der Waals surface area contributed by atoms with Crippen LogP contribution in [0.15, 0.2) is 36.4 Å². The van der Waals surface area contributed by atoms with Crippen LogP contribution in [0.5, 0.6) is 0 Å². The first-order valence-corrected chi connectivity index (χ1v) is 7.53. The Morgan fingerprint density at radius 2 is 2.08 bits per heavy atom. The fourth-order valence-electron chi connectivity index (χ4n) is 1.68. The second-order valence-corrected chi connectivity index (χ2v) is 6.38. The Balaban J connectivity index is 3.16. The number of nitrogens with one attached hydrogen (secondary N) is 1. The molecule has 0 spiro atoms. The van der Waals surface area contributed by atoms with E-state index in [0.29, 0.717) is 5.69 Å². The van der Waals surface area contributed by atoms with E-state index in [1.807, 2.05) is 0 Å². The van der Waals surface area contributed by atoms with Crippen LogP contribution in [0, 0.1) is 5.41 Å². The number of ether oxygens (including phenoxy) is 1. The lowest BCUT2D eigenvalue weighted by atomic mass is 10.2. The van der Waals surface area contributed by atoms with Gasteiger partial charge in [-0.15, -0.1) is 0 Å². The van der Waals surface area contributed by atoms with Gasteiger partial charge in [0.2, 0.25) is 0 Å². The van der Waals surface area contributed by atoms with Gasteiger partial charge < -0.3 is 4.74 Å². The van der Waals surface area contributed by atoms with Crippen molar-refractivity contribution >= 4 is 28.6 Å². The molecule has 0 fully saturated rings. The van der Waals surface area contributed by atoms with Crippen molar-refractivity contribution in [2.75, 3.05) is 6.54 Å². The van der Waals surface area contributed by atoms with Gasteiger partial charge in [-0.25, -0.2) is 4.79 Å². The molecule has 0 saturated heterocycles. The number of alkyl halides is 3. The molecule has 0 atom stereocenters. The highest BCUT2D eigenvalue weighted by atomic mass is 35.5. The number of hydrogen-bond acceptors (Lipinski definition) is 4. The number of aromatic nitrogens is 1. The van der Waals surface area contributed by atoms with Crippen LogP contribution in [0.1, 0.15) is 20.8 Å². The summed E-state index contributed by atoms with van der Waals surface area (Å²) in [5, 5.41) is 8.19. The van der Waals surface area contributed by atoms with Crippen molar-refractivity contribution in [1.82, 2.24) is 9.88 Å². The number of nitrogens with zero attached hydrogens (tertiary/aromatic N) is 2. The molecule has 25 heavy (non-hydrogen) atoms. The molecular formula is C15H19ClF3N4O2+. The molecule has 0 saturated carbocycles. The number of amides is 1. The molecule has 1 aromatic rings. The zero-order chi connectivity index (χ0) is 19.3. The number of halogens is 4. The van der Waals surface area contributed by atoms with E-state index in [1.165, 1.54) is 38.5 Å². The van der Waals surface area contributed by atoms with Crippen molar-refractivity contribution in [3.63, 3.8) is 0 Å². The van der Waals surface area contributed by atoms with Crippen molar-refractivity contribution in [2.45, 2.75) is 32.5 Å². The summed E-state index contributed by atoms with van der Waals surface area (Å²) in [5.74, 6) is 0. The van der Waals surface area contributed by atoms with E-state index in [0.717, 1.165) is 6.20 Å². The number of nitrogens with two attached hydrogens (primary N) is 1. The lowest BCUT2D eigenvalue weighted by molar-refractivity contribution is -0.497. The van der Waals surface area contributed by atoms with Gasteiger partial charge >= 0.3 is 12.3 Å². The lowest BCUT2D eigenvalue weighted by Gasteiger charge is -2.28. The van der Waals surface area contributed by atoms with E-state index in [1.54, 1.807) is 12.1 Å². The highest BCUT2D eigenvalue weighted by Crippen LogP contribution is 2.22. The zero-order valence-electron chi connectivity index (χ0n) is 13.9. The molecule has 0 aliphatic carbocycles. The van der Waals surface area contributed by atoms with Gasteiger partial charge in [0.05, 0.1) is 6.20 Å². The third kappa shape index (κ3) is 7.99. The Morgan fingerprint density at radius 3 is 2.52 bits per heavy atom. The monoisotopic (exact) mass is 379 g/mol. The van der Waals surface area contributed by atoms with E-state index < -0.39 is 35.3 Å². The molecule has 1 heterocycles. The molecule has 0 aliphatic rings. The van der Waals surface area contributed by atoms with E-state index in [4.69, 9.17) is 21.7 Å². The van der Waals surface area contributed by atoms with Gasteiger partial charge in [-0.2, -0.15) is 13.2 Å². The number of quaternary nitrogens is 1. The third-order valence-electron chi connectivity index (χ3n) is 2.59. The van der Waals surface area contributed by atoms with Crippen LogP contribution in [0.4, 0.5) is 23.7 Å². The standard InChI is InChI=1S/C15H18ClF3N4O2/c1-14(2,3)25-13(24)23(9-15(17,18)19)11(12(16)20)8-22-10-5-4-6-21-7-10/h4-8,20,22H,9H2,1-3H3/p+1/b11-8+,20-12?. The van der Waals surface area contributed by atoms with Crippen molar-refractivity contribution in [1.29, 1.82) is 5.41 Å². The summed E-state index contributed by atoms with van der Waals surface area (Å²) in [6, 6.07) is 3.28. The minimum Gasteiger partial charge on any atom is -0.443 e. The van der Waals surface area contributed by atoms with Crippen LogP contribution >= 0.6 is 11.6 Å². The van der Waals surface area contributed by atoms with Crippen molar-refractivity contribution in [2.24, 2.45) is 0 Å². The second-order valence-electron chi connectivity index (χ2n) is 6.00. The minimum atomic E-state index is -4.70. The van der Waals surface area contributed by atoms with Gasteiger partial charge in [-0.1, -0.05) is 11.6 Å². The molecule has 138 valence electrons. The molecular weight excluding hydrogens is 361 g/mol. The number of hydrogen-bond donors (Lipinski definition) is 2. The molecule has 0 aromatic carbocycles. The largest absolute Gasteiger partial charge is 0.443 e. The minimum absolute atomic E-state index is 0.285. The first-order valence-electron chi connectivity index (χ1n) is 7.16. The first-order chi connectivity index (χ1) is 11.4. The summed E-state index contributed by atoms with van der Waals surface area (Å²) >= 11 is 5.61. The normalized spacial score (nSPS) is 12.7. The molecule has 10 heteroatoms. The van der Waals surface area contributed by atoms with Crippen molar-refractivity contribution in [3.8, 4) is 0 Å². The van der Waals surface area contributed by atoms with Crippen LogP contribution < -0.4 is 5.32 Å². The Hall–Kier alpha value is -2.13. The molecule has 0 unspecified atom stereocenters. The van der Waals surface area contributed by atoms with Gasteiger partial charge in [0, 0.05) is 12.3 Å². The Morgan fingerprint density at radius 1 is 1.44 bits per heavy atom. The predicted molar refractivity (Wildman–Crippen MR) is 86.5 cm³/mol. The maximum Gasteiger partial charge on any atom is 0.415 e. The summed E-state index contributed by atoms with van der Waals surface area (Å²) in [4.78, 5) is 16.3. The highest BCUT2D eigenvalue weighted by Gasteiger charge is 2.38. The summed E-state index contributed by atoms with van der Waals surface area (Å²) in [7, 11) is 0. The Bertz CT molecular complexity index is 642. The maximum absolute atomic E-state index is 12.9. The fraction of sp³-hybridized carbons (Fsp3) is 0.400. The Labute approximate surface area is 148 Å². The van der Waals surface area contributed by atoms with Crippen molar-refractivity contribution in [3.05, 3.63) is 36.4 Å². The summed E-state index contributed by atoms with van der Waals surface area (Å²) in [6.45, 7) is 2.93. The molecule has 1 aromatic heterocycles. The second kappa shape index (κ2) is 8.30. The molecule has 6 nitrogen and oxygen atoms in total. The third-order valence-corrected chi connectivity index (χ3v) is 2.78. The van der Waals surface area contributed by atoms with Gasteiger partial charge in [0.25, 0.3) is 0 Å². The van der Waals surface area contributed by atoms with E-state index >= 15 is 0 Å². The molecule has 0 radical (unpaired) electrons. The van der Waals surface area contributed by atoms with Gasteiger partial charge in [-0.05, 0) is 26.8 Å². The smallest absolute Gasteiger partial charge is 0.415 e. The predicted octanol–water partition coefficient (Wildman–Crippen LogP) is 3.13. The molecule has 1 rings (SSSR count). The summed E-state index contributed by atoms with van der Waals surface area (Å²) in [6.07, 6.45) is -1.81. The number of rotatable bonds is 5. The number of allylic oxidation sites excluding steroid dienone is 1. The molecule has 1 amide bonds.